The highest BCUT2D eigenvalue weighted by atomic mass is 35.5. The number of hydrogen-bond acceptors (Lipinski definition) is 4. The first-order valence-corrected chi connectivity index (χ1v) is 15.5. The van der Waals surface area contributed by atoms with E-state index in [0.29, 0.717) is 5.56 Å². The third kappa shape index (κ3) is 7.60. The molecule has 10 heteroatoms. The molecular weight excluding hydrogens is 589 g/mol. The summed E-state index contributed by atoms with van der Waals surface area (Å²) in [6.45, 7) is 2.64. The molecule has 43 heavy (non-hydrogen) atoms. The van der Waals surface area contributed by atoms with E-state index in [1.165, 1.54) is 48.3 Å². The Morgan fingerprint density at radius 1 is 0.907 bits per heavy atom. The van der Waals surface area contributed by atoms with Gasteiger partial charge in [0.1, 0.15) is 18.4 Å². The number of nitrogens with one attached hydrogen (secondary N) is 1. The Morgan fingerprint density at radius 3 is 2.21 bits per heavy atom. The zero-order chi connectivity index (χ0) is 31.1. The predicted octanol–water partition coefficient (Wildman–Crippen LogP) is 5.68. The maximum atomic E-state index is 14.9. The van der Waals surface area contributed by atoms with Gasteiger partial charge in [-0.05, 0) is 55.3 Å². The molecule has 0 aliphatic rings. The summed E-state index contributed by atoms with van der Waals surface area (Å²) in [7, 11) is -2.82. The quantitative estimate of drug-likeness (QED) is 0.234. The molecule has 0 aromatic heterocycles. The molecular formula is C33H33ClFN3O4S. The van der Waals surface area contributed by atoms with Gasteiger partial charge >= 0.3 is 0 Å². The van der Waals surface area contributed by atoms with Crippen LogP contribution >= 0.6 is 11.6 Å². The molecule has 0 heterocycles. The molecule has 0 aliphatic heterocycles. The Labute approximate surface area is 257 Å². The number of aryl methyl sites for hydroxylation is 2. The lowest BCUT2D eigenvalue weighted by atomic mass is 10.0. The summed E-state index contributed by atoms with van der Waals surface area (Å²) in [6.07, 6.45) is 0.127. The molecule has 0 saturated heterocycles. The number of hydrogen-bond donors (Lipinski definition) is 1. The minimum absolute atomic E-state index is 0.0157. The zero-order valence-electron chi connectivity index (χ0n) is 24.1. The van der Waals surface area contributed by atoms with E-state index in [0.717, 1.165) is 15.4 Å². The standard InChI is InChI=1S/C33H33ClFN3O4S/c1-23-13-17-28(18-14-23)43(41,42)38(30-20-27(34)16-15-24(30)2)22-32(39)37(21-26-11-7-8-12-29(26)35)31(33(40)36-3)19-25-9-5-4-6-10-25/h4-18,20,31H,19,21-22H2,1-3H3,(H,36,40)/t31-/m1/s1. The van der Waals surface area contributed by atoms with Crippen molar-refractivity contribution in [3.63, 3.8) is 0 Å². The minimum atomic E-state index is -4.28. The van der Waals surface area contributed by atoms with Crippen molar-refractivity contribution in [3.8, 4) is 0 Å². The maximum absolute atomic E-state index is 14.9. The molecule has 4 aromatic carbocycles. The molecule has 224 valence electrons. The van der Waals surface area contributed by atoms with Crippen LogP contribution in [0.2, 0.25) is 5.02 Å². The van der Waals surface area contributed by atoms with Crippen LogP contribution in [0.25, 0.3) is 0 Å². The lowest BCUT2D eigenvalue weighted by Gasteiger charge is -2.34. The van der Waals surface area contributed by atoms with Crippen LogP contribution in [0.4, 0.5) is 10.1 Å². The Morgan fingerprint density at radius 2 is 1.56 bits per heavy atom. The summed E-state index contributed by atoms with van der Waals surface area (Å²) in [6, 6.07) is 25.1. The second kappa shape index (κ2) is 13.8. The van der Waals surface area contributed by atoms with Gasteiger partial charge in [0, 0.05) is 30.6 Å². The first kappa shape index (κ1) is 31.7. The largest absolute Gasteiger partial charge is 0.357 e. The van der Waals surface area contributed by atoms with Gasteiger partial charge in [0.05, 0.1) is 10.6 Å². The summed E-state index contributed by atoms with van der Waals surface area (Å²) < 4.78 is 44.1. The second-order valence-electron chi connectivity index (χ2n) is 10.2. The fourth-order valence-electron chi connectivity index (χ4n) is 4.73. The van der Waals surface area contributed by atoms with Crippen molar-refractivity contribution >= 4 is 39.1 Å². The molecule has 2 amide bonds. The molecule has 4 aromatic rings. The summed E-state index contributed by atoms with van der Waals surface area (Å²) in [4.78, 5) is 28.8. The van der Waals surface area contributed by atoms with Gasteiger partial charge in [0.2, 0.25) is 11.8 Å². The van der Waals surface area contributed by atoms with Crippen LogP contribution in [-0.4, -0.2) is 44.8 Å². The Kier molecular flexibility index (Phi) is 10.2. The number of anilines is 1. The normalized spacial score (nSPS) is 11.9. The molecule has 1 N–H and O–H groups in total. The van der Waals surface area contributed by atoms with Gasteiger partial charge < -0.3 is 10.2 Å². The fourth-order valence-corrected chi connectivity index (χ4v) is 6.37. The third-order valence-corrected chi connectivity index (χ3v) is 9.15. The van der Waals surface area contributed by atoms with Gasteiger partial charge in [0.25, 0.3) is 10.0 Å². The number of nitrogens with zero attached hydrogens (tertiary/aromatic N) is 2. The van der Waals surface area contributed by atoms with Crippen LogP contribution in [0.5, 0.6) is 0 Å². The van der Waals surface area contributed by atoms with E-state index in [4.69, 9.17) is 11.6 Å². The van der Waals surface area contributed by atoms with Crippen LogP contribution in [0.15, 0.2) is 102 Å². The number of benzene rings is 4. The van der Waals surface area contributed by atoms with E-state index in [1.807, 2.05) is 37.3 Å². The molecule has 0 bridgehead atoms. The zero-order valence-corrected chi connectivity index (χ0v) is 25.7. The molecule has 0 unspecified atom stereocenters. The van der Waals surface area contributed by atoms with E-state index in [2.05, 4.69) is 5.32 Å². The van der Waals surface area contributed by atoms with E-state index in [9.17, 15) is 22.4 Å². The fraction of sp³-hybridized carbons (Fsp3) is 0.212. The second-order valence-corrected chi connectivity index (χ2v) is 12.5. The number of rotatable bonds is 11. The molecule has 1 atom stereocenters. The molecule has 0 radical (unpaired) electrons. The number of likely N-dealkylation sites (N-methyl/N-ethyl adjacent to an activating group) is 1. The number of halogens is 2. The van der Waals surface area contributed by atoms with Gasteiger partial charge in [-0.15, -0.1) is 0 Å². The monoisotopic (exact) mass is 621 g/mol. The molecule has 0 saturated carbocycles. The van der Waals surface area contributed by atoms with Gasteiger partial charge in [-0.1, -0.05) is 83.9 Å². The number of carbonyl (C=O) groups excluding carboxylic acids is 2. The number of sulfonamides is 1. The summed E-state index contributed by atoms with van der Waals surface area (Å²) in [5, 5.41) is 2.89. The van der Waals surface area contributed by atoms with Crippen molar-refractivity contribution < 1.29 is 22.4 Å². The van der Waals surface area contributed by atoms with Crippen LogP contribution < -0.4 is 9.62 Å². The molecule has 0 fully saturated rings. The summed E-state index contributed by atoms with van der Waals surface area (Å²) in [5.74, 6) is -1.71. The molecule has 7 nitrogen and oxygen atoms in total. The Hall–Kier alpha value is -4.21. The predicted molar refractivity (Wildman–Crippen MR) is 167 cm³/mol. The topological polar surface area (TPSA) is 86.8 Å². The average molecular weight is 622 g/mol. The lowest BCUT2D eigenvalue weighted by molar-refractivity contribution is -0.139. The molecule has 0 aliphatic carbocycles. The van der Waals surface area contributed by atoms with Gasteiger partial charge in [0.15, 0.2) is 0 Å². The highest BCUT2D eigenvalue weighted by Gasteiger charge is 2.35. The number of amides is 2. The van der Waals surface area contributed by atoms with E-state index in [-0.39, 0.29) is 34.1 Å². The van der Waals surface area contributed by atoms with Crippen molar-refractivity contribution in [2.75, 3.05) is 17.9 Å². The maximum Gasteiger partial charge on any atom is 0.264 e. The Balaban J connectivity index is 1.83. The number of carbonyl (C=O) groups is 2. The van der Waals surface area contributed by atoms with Crippen molar-refractivity contribution in [3.05, 3.63) is 130 Å². The van der Waals surface area contributed by atoms with E-state index < -0.39 is 40.2 Å². The van der Waals surface area contributed by atoms with Crippen LogP contribution in [0.3, 0.4) is 0 Å². The first-order valence-electron chi connectivity index (χ1n) is 13.6. The first-order chi connectivity index (χ1) is 20.5. The molecule has 0 spiro atoms. The highest BCUT2D eigenvalue weighted by Crippen LogP contribution is 2.30. The minimum Gasteiger partial charge on any atom is -0.357 e. The van der Waals surface area contributed by atoms with Gasteiger partial charge in [-0.25, -0.2) is 12.8 Å². The van der Waals surface area contributed by atoms with Crippen molar-refractivity contribution in [2.45, 2.75) is 37.8 Å². The average Bonchev–Trinajstić information content (AvgIpc) is 3.00. The van der Waals surface area contributed by atoms with Crippen molar-refractivity contribution in [1.29, 1.82) is 0 Å². The summed E-state index contributed by atoms with van der Waals surface area (Å²) in [5.41, 5.74) is 2.61. The lowest BCUT2D eigenvalue weighted by Crippen LogP contribution is -2.53. The smallest absolute Gasteiger partial charge is 0.264 e. The van der Waals surface area contributed by atoms with Crippen LogP contribution in [-0.2, 0) is 32.6 Å². The van der Waals surface area contributed by atoms with E-state index >= 15 is 0 Å². The van der Waals surface area contributed by atoms with E-state index in [1.54, 1.807) is 37.3 Å². The Bertz CT molecular complexity index is 1700. The van der Waals surface area contributed by atoms with Crippen molar-refractivity contribution in [1.82, 2.24) is 10.2 Å². The SMILES string of the molecule is CNC(=O)[C@@H](Cc1ccccc1)N(Cc1ccccc1F)C(=O)CN(c1cc(Cl)ccc1C)S(=O)(=O)c1ccc(C)cc1. The molecule has 4 rings (SSSR count). The highest BCUT2D eigenvalue weighted by molar-refractivity contribution is 7.92. The third-order valence-electron chi connectivity index (χ3n) is 7.14. The van der Waals surface area contributed by atoms with Crippen LogP contribution in [0, 0.1) is 19.7 Å². The van der Waals surface area contributed by atoms with Crippen LogP contribution in [0.1, 0.15) is 22.3 Å². The van der Waals surface area contributed by atoms with Gasteiger partial charge in [-0.3, -0.25) is 13.9 Å². The van der Waals surface area contributed by atoms with Crippen molar-refractivity contribution in [2.24, 2.45) is 0 Å². The summed E-state index contributed by atoms with van der Waals surface area (Å²) >= 11 is 6.29. The van der Waals surface area contributed by atoms with Gasteiger partial charge in [-0.2, -0.15) is 0 Å².